The molecule has 0 aliphatic heterocycles. The Kier molecular flexibility index (Phi) is 2.92. The molecule has 0 saturated heterocycles. The largest absolute Gasteiger partial charge is 0.468 e. The zero-order valence-corrected chi connectivity index (χ0v) is 8.89. The van der Waals surface area contributed by atoms with Gasteiger partial charge < -0.3 is 10.1 Å². The molecule has 0 aliphatic carbocycles. The third kappa shape index (κ3) is 2.26. The molecule has 1 aromatic heterocycles. The van der Waals surface area contributed by atoms with E-state index in [-0.39, 0.29) is 5.69 Å². The Balaban J connectivity index is 2.31. The third-order valence-corrected chi connectivity index (χ3v) is 2.21. The molecule has 0 N–H and O–H groups in total. The van der Waals surface area contributed by atoms with Crippen LogP contribution in [0.5, 0.6) is 0 Å². The number of hydrogen-bond donors (Lipinski definition) is 0. The van der Waals surface area contributed by atoms with Crippen LogP contribution in [0.2, 0.25) is 0 Å². The number of nitro groups is 2. The van der Waals surface area contributed by atoms with Crippen LogP contribution in [0.4, 0.5) is 11.6 Å². The normalized spacial score (nSPS) is 10.0. The van der Waals surface area contributed by atoms with Gasteiger partial charge in [-0.1, -0.05) is 9.97 Å². The summed E-state index contributed by atoms with van der Waals surface area (Å²) in [6.45, 7) is 0. The van der Waals surface area contributed by atoms with Gasteiger partial charge in [-0.25, -0.2) is 0 Å². The van der Waals surface area contributed by atoms with Gasteiger partial charge in [-0.05, 0) is 22.6 Å². The van der Waals surface area contributed by atoms with Crippen molar-refractivity contribution in [2.45, 2.75) is 0 Å². The first-order chi connectivity index (χ1) is 8.58. The number of non-ortho nitro benzene ring substituents is 1. The van der Waals surface area contributed by atoms with E-state index in [9.17, 15) is 20.2 Å². The number of rotatable bonds is 3. The minimum absolute atomic E-state index is 0.0263. The molecule has 1 aromatic carbocycles. The first-order valence-electron chi connectivity index (χ1n) is 4.79. The van der Waals surface area contributed by atoms with E-state index in [1.54, 1.807) is 0 Å². The Hall–Kier alpha value is -2.90. The molecule has 8 heteroatoms. The molecular formula is C10H6N4O4. The highest BCUT2D eigenvalue weighted by atomic mass is 16.6. The lowest BCUT2D eigenvalue weighted by atomic mass is 10.1. The van der Waals surface area contributed by atoms with Gasteiger partial charge in [0.1, 0.15) is 12.4 Å². The molecule has 0 atom stereocenters. The number of benzene rings is 1. The molecule has 0 saturated carbocycles. The van der Waals surface area contributed by atoms with Gasteiger partial charge in [0.15, 0.2) is 0 Å². The Morgan fingerprint density at radius 3 is 1.83 bits per heavy atom. The number of hydrogen-bond acceptors (Lipinski definition) is 6. The molecule has 0 fully saturated rings. The van der Waals surface area contributed by atoms with E-state index in [1.165, 1.54) is 36.7 Å². The van der Waals surface area contributed by atoms with E-state index in [4.69, 9.17) is 0 Å². The predicted molar refractivity (Wildman–Crippen MR) is 60.8 cm³/mol. The van der Waals surface area contributed by atoms with Gasteiger partial charge in [0.05, 0.1) is 10.5 Å². The maximum Gasteiger partial charge on any atom is 0.468 e. The second-order valence-electron chi connectivity index (χ2n) is 3.33. The summed E-state index contributed by atoms with van der Waals surface area (Å²) >= 11 is 0. The summed E-state index contributed by atoms with van der Waals surface area (Å²) < 4.78 is 0. The zero-order valence-electron chi connectivity index (χ0n) is 8.89. The van der Waals surface area contributed by atoms with Crippen LogP contribution >= 0.6 is 0 Å². The highest BCUT2D eigenvalue weighted by Gasteiger charge is 2.11. The van der Waals surface area contributed by atoms with Crippen LogP contribution in [0.25, 0.3) is 11.1 Å². The van der Waals surface area contributed by atoms with Crippen molar-refractivity contribution < 1.29 is 9.85 Å². The van der Waals surface area contributed by atoms with Gasteiger partial charge >= 0.3 is 5.95 Å². The van der Waals surface area contributed by atoms with E-state index in [2.05, 4.69) is 9.97 Å². The monoisotopic (exact) mass is 246 g/mol. The Morgan fingerprint density at radius 1 is 0.833 bits per heavy atom. The van der Waals surface area contributed by atoms with Crippen LogP contribution in [0.15, 0.2) is 36.7 Å². The summed E-state index contributed by atoms with van der Waals surface area (Å²) in [7, 11) is 0. The maximum absolute atomic E-state index is 10.5. The maximum atomic E-state index is 10.5. The number of nitro benzene ring substituents is 1. The molecule has 1 heterocycles. The number of aromatic nitrogens is 2. The molecule has 8 nitrogen and oxygen atoms in total. The summed E-state index contributed by atoms with van der Waals surface area (Å²) in [5, 5.41) is 20.8. The minimum atomic E-state index is -0.695. The lowest BCUT2D eigenvalue weighted by Gasteiger charge is -1.98. The van der Waals surface area contributed by atoms with Gasteiger partial charge in [0, 0.05) is 12.1 Å². The third-order valence-electron chi connectivity index (χ3n) is 2.21. The van der Waals surface area contributed by atoms with Crippen LogP contribution in [0, 0.1) is 20.2 Å². The zero-order chi connectivity index (χ0) is 13.1. The smallest absolute Gasteiger partial charge is 0.390 e. The molecule has 0 aliphatic rings. The SMILES string of the molecule is O=[N+]([O-])c1ccc(-c2cnc([N+](=O)[O-])nc2)cc1. The summed E-state index contributed by atoms with van der Waals surface area (Å²) in [6, 6.07) is 5.75. The lowest BCUT2D eigenvalue weighted by Crippen LogP contribution is -1.95. The highest BCUT2D eigenvalue weighted by Crippen LogP contribution is 2.21. The minimum Gasteiger partial charge on any atom is -0.390 e. The average Bonchev–Trinajstić information content (AvgIpc) is 2.39. The molecule has 0 amide bonds. The molecule has 0 spiro atoms. The fraction of sp³-hybridized carbons (Fsp3) is 0. The van der Waals surface area contributed by atoms with Gasteiger partial charge in [0.25, 0.3) is 5.69 Å². The second-order valence-corrected chi connectivity index (χ2v) is 3.33. The molecule has 90 valence electrons. The molecule has 0 unspecified atom stereocenters. The summed E-state index contributed by atoms with van der Waals surface area (Å²) in [6.07, 6.45) is 2.60. The first kappa shape index (κ1) is 11.6. The van der Waals surface area contributed by atoms with E-state index in [1.807, 2.05) is 0 Å². The fourth-order valence-electron chi connectivity index (χ4n) is 1.34. The lowest BCUT2D eigenvalue weighted by molar-refractivity contribution is -0.394. The second kappa shape index (κ2) is 4.53. The fourth-order valence-corrected chi connectivity index (χ4v) is 1.34. The van der Waals surface area contributed by atoms with Crippen molar-refractivity contribution in [2.24, 2.45) is 0 Å². The van der Waals surface area contributed by atoms with Gasteiger partial charge in [0.2, 0.25) is 0 Å². The van der Waals surface area contributed by atoms with Crippen LogP contribution in [0.3, 0.4) is 0 Å². The molecule has 0 bridgehead atoms. The van der Waals surface area contributed by atoms with Crippen LogP contribution in [0.1, 0.15) is 0 Å². The van der Waals surface area contributed by atoms with Crippen molar-refractivity contribution >= 4 is 11.6 Å². The predicted octanol–water partition coefficient (Wildman–Crippen LogP) is 1.96. The number of nitrogens with zero attached hydrogens (tertiary/aromatic N) is 4. The average molecular weight is 246 g/mol. The van der Waals surface area contributed by atoms with Crippen molar-refractivity contribution in [3.05, 3.63) is 56.9 Å². The highest BCUT2D eigenvalue weighted by molar-refractivity contribution is 5.63. The summed E-state index contributed by atoms with van der Waals surface area (Å²) in [4.78, 5) is 26.8. The van der Waals surface area contributed by atoms with Crippen molar-refractivity contribution in [1.82, 2.24) is 9.97 Å². The van der Waals surface area contributed by atoms with Gasteiger partial charge in [-0.3, -0.25) is 10.1 Å². The Morgan fingerprint density at radius 2 is 1.39 bits per heavy atom. The Bertz CT molecular complexity index is 539. The van der Waals surface area contributed by atoms with Crippen LogP contribution < -0.4 is 0 Å². The quantitative estimate of drug-likeness (QED) is 0.604. The van der Waals surface area contributed by atoms with Crippen LogP contribution in [-0.2, 0) is 0 Å². The van der Waals surface area contributed by atoms with E-state index in [0.29, 0.717) is 11.1 Å². The van der Waals surface area contributed by atoms with Crippen molar-refractivity contribution in [3.8, 4) is 11.1 Å². The first-order valence-corrected chi connectivity index (χ1v) is 4.79. The van der Waals surface area contributed by atoms with Crippen molar-refractivity contribution in [3.63, 3.8) is 0 Å². The van der Waals surface area contributed by atoms with Crippen molar-refractivity contribution in [1.29, 1.82) is 0 Å². The standard InChI is InChI=1S/C10H6N4O4/c15-13(16)9-3-1-7(2-4-9)8-5-11-10(12-6-8)14(17)18/h1-6H. The van der Waals surface area contributed by atoms with Gasteiger partial charge in [-0.2, -0.15) is 0 Å². The van der Waals surface area contributed by atoms with Crippen molar-refractivity contribution in [2.75, 3.05) is 0 Å². The topological polar surface area (TPSA) is 112 Å². The van der Waals surface area contributed by atoms with Crippen LogP contribution in [-0.4, -0.2) is 19.8 Å². The molecule has 0 radical (unpaired) electrons. The van der Waals surface area contributed by atoms with Gasteiger partial charge in [-0.15, -0.1) is 0 Å². The van der Waals surface area contributed by atoms with E-state index >= 15 is 0 Å². The molecule has 18 heavy (non-hydrogen) atoms. The summed E-state index contributed by atoms with van der Waals surface area (Å²) in [5.41, 5.74) is 1.17. The summed E-state index contributed by atoms with van der Waals surface area (Å²) in [5.74, 6) is -0.485. The van der Waals surface area contributed by atoms with E-state index < -0.39 is 15.8 Å². The van der Waals surface area contributed by atoms with E-state index in [0.717, 1.165) is 0 Å². The molecule has 2 rings (SSSR count). The molecular weight excluding hydrogens is 240 g/mol. The molecule has 2 aromatic rings. The Labute approximate surface area is 100 Å².